The Morgan fingerprint density at radius 3 is 2.72 bits per heavy atom. The Morgan fingerprint density at radius 1 is 1.50 bits per heavy atom. The molecule has 1 rings (SSSR count). The van der Waals surface area contributed by atoms with Gasteiger partial charge in [0, 0.05) is 16.8 Å². The summed E-state index contributed by atoms with van der Waals surface area (Å²) in [5.41, 5.74) is 0.469. The molecule has 0 aliphatic rings. The minimum absolute atomic E-state index is 0.00928. The van der Waals surface area contributed by atoms with Crippen molar-refractivity contribution < 1.29 is 14.6 Å². The predicted octanol–water partition coefficient (Wildman–Crippen LogP) is 2.66. The fourth-order valence-electron chi connectivity index (χ4n) is 1.42. The summed E-state index contributed by atoms with van der Waals surface area (Å²) in [5, 5.41) is 10.1. The monoisotopic (exact) mass is 269 g/mol. The van der Waals surface area contributed by atoms with Gasteiger partial charge in [0.1, 0.15) is 11.8 Å². The zero-order valence-corrected chi connectivity index (χ0v) is 11.3. The van der Waals surface area contributed by atoms with Crippen LogP contribution >= 0.6 is 11.6 Å². The molecule has 1 aromatic rings. The van der Waals surface area contributed by atoms with Gasteiger partial charge in [0.15, 0.2) is 0 Å². The first-order valence-electron chi connectivity index (χ1n) is 5.55. The van der Waals surface area contributed by atoms with Crippen LogP contribution in [0.1, 0.15) is 19.4 Å². The molecule has 0 bridgehead atoms. The molecule has 5 heteroatoms. The van der Waals surface area contributed by atoms with Crippen LogP contribution < -0.4 is 0 Å². The zero-order valence-electron chi connectivity index (χ0n) is 10.6. The largest absolute Gasteiger partial charge is 0.507 e. The standard InChI is InChI=1S/C13H16ClNO3/c1-8(2)12(13(17)18-3)15-7-9-6-10(14)4-5-11(9)16/h4-8,12,16H,1-3H3/t12-/m1/s1. The number of esters is 1. The van der Waals surface area contributed by atoms with E-state index in [-0.39, 0.29) is 11.7 Å². The molecule has 0 fully saturated rings. The minimum Gasteiger partial charge on any atom is -0.507 e. The van der Waals surface area contributed by atoms with E-state index in [9.17, 15) is 9.90 Å². The van der Waals surface area contributed by atoms with Crippen molar-refractivity contribution in [3.05, 3.63) is 28.8 Å². The summed E-state index contributed by atoms with van der Waals surface area (Å²) >= 11 is 5.82. The van der Waals surface area contributed by atoms with E-state index in [1.165, 1.54) is 19.4 Å². The number of carbonyl (C=O) groups excluding carboxylic acids is 1. The summed E-state index contributed by atoms with van der Waals surface area (Å²) < 4.78 is 4.67. The number of aliphatic imine (C=N–C) groups is 1. The Hall–Kier alpha value is -1.55. The minimum atomic E-state index is -0.589. The van der Waals surface area contributed by atoms with E-state index in [0.717, 1.165) is 0 Å². The number of phenols is 1. The molecular weight excluding hydrogens is 254 g/mol. The number of carbonyl (C=O) groups is 1. The summed E-state index contributed by atoms with van der Waals surface area (Å²) in [6.07, 6.45) is 1.43. The van der Waals surface area contributed by atoms with Crippen LogP contribution in [0.5, 0.6) is 5.75 Å². The first-order valence-corrected chi connectivity index (χ1v) is 5.93. The Labute approximate surface area is 111 Å². The molecule has 0 amide bonds. The Morgan fingerprint density at radius 2 is 2.17 bits per heavy atom. The Balaban J connectivity index is 2.96. The molecule has 0 saturated heterocycles. The third-order valence-electron chi connectivity index (χ3n) is 2.44. The van der Waals surface area contributed by atoms with Crippen LogP contribution in [0.4, 0.5) is 0 Å². The van der Waals surface area contributed by atoms with Crippen LogP contribution in [0.2, 0.25) is 5.02 Å². The number of nitrogens with zero attached hydrogens (tertiary/aromatic N) is 1. The quantitative estimate of drug-likeness (QED) is 0.675. The molecule has 0 spiro atoms. The van der Waals surface area contributed by atoms with Gasteiger partial charge in [0.2, 0.25) is 0 Å². The van der Waals surface area contributed by atoms with Gasteiger partial charge < -0.3 is 9.84 Å². The lowest BCUT2D eigenvalue weighted by molar-refractivity contribution is -0.143. The molecule has 1 atom stereocenters. The maximum atomic E-state index is 11.5. The molecule has 18 heavy (non-hydrogen) atoms. The fraction of sp³-hybridized carbons (Fsp3) is 0.385. The highest BCUT2D eigenvalue weighted by atomic mass is 35.5. The van der Waals surface area contributed by atoms with E-state index in [2.05, 4.69) is 9.73 Å². The Kier molecular flexibility index (Phi) is 5.16. The molecule has 0 saturated carbocycles. The van der Waals surface area contributed by atoms with Crippen LogP contribution in [0.3, 0.4) is 0 Å². The van der Waals surface area contributed by atoms with E-state index in [4.69, 9.17) is 11.6 Å². The number of phenolic OH excluding ortho intramolecular Hbond substituents is 1. The van der Waals surface area contributed by atoms with Crippen molar-refractivity contribution in [2.75, 3.05) is 7.11 Å². The van der Waals surface area contributed by atoms with E-state index in [1.54, 1.807) is 12.1 Å². The van der Waals surface area contributed by atoms with Crippen LogP contribution in [0.15, 0.2) is 23.2 Å². The van der Waals surface area contributed by atoms with Crippen molar-refractivity contribution in [2.45, 2.75) is 19.9 Å². The molecule has 0 heterocycles. The summed E-state index contributed by atoms with van der Waals surface area (Å²) in [7, 11) is 1.32. The molecule has 0 unspecified atom stereocenters. The summed E-state index contributed by atoms with van der Waals surface area (Å²) in [4.78, 5) is 15.7. The second kappa shape index (κ2) is 6.40. The average Bonchev–Trinajstić information content (AvgIpc) is 2.32. The molecule has 1 N–H and O–H groups in total. The van der Waals surface area contributed by atoms with Crippen LogP contribution in [0.25, 0.3) is 0 Å². The predicted molar refractivity (Wildman–Crippen MR) is 71.4 cm³/mol. The highest BCUT2D eigenvalue weighted by Crippen LogP contribution is 2.20. The molecule has 1 aromatic carbocycles. The highest BCUT2D eigenvalue weighted by molar-refractivity contribution is 6.30. The first-order chi connectivity index (χ1) is 8.45. The van der Waals surface area contributed by atoms with E-state index < -0.39 is 12.0 Å². The van der Waals surface area contributed by atoms with Crippen molar-refractivity contribution in [3.63, 3.8) is 0 Å². The van der Waals surface area contributed by atoms with Crippen molar-refractivity contribution in [2.24, 2.45) is 10.9 Å². The second-order valence-electron chi connectivity index (χ2n) is 4.19. The highest BCUT2D eigenvalue weighted by Gasteiger charge is 2.21. The van der Waals surface area contributed by atoms with Crippen LogP contribution in [-0.4, -0.2) is 30.4 Å². The van der Waals surface area contributed by atoms with Gasteiger partial charge in [-0.2, -0.15) is 0 Å². The normalized spacial score (nSPS) is 12.9. The number of hydrogen-bond acceptors (Lipinski definition) is 4. The number of halogens is 1. The maximum Gasteiger partial charge on any atom is 0.330 e. The number of rotatable bonds is 4. The molecule has 4 nitrogen and oxygen atoms in total. The first kappa shape index (κ1) is 14.5. The average molecular weight is 270 g/mol. The third-order valence-corrected chi connectivity index (χ3v) is 2.67. The lowest BCUT2D eigenvalue weighted by Crippen LogP contribution is -2.25. The maximum absolute atomic E-state index is 11.5. The van der Waals surface area contributed by atoms with Gasteiger partial charge in [0.05, 0.1) is 7.11 Å². The van der Waals surface area contributed by atoms with Gasteiger partial charge in [0.25, 0.3) is 0 Å². The SMILES string of the molecule is COC(=O)[C@H](N=Cc1cc(Cl)ccc1O)C(C)C. The smallest absolute Gasteiger partial charge is 0.330 e. The number of hydrogen-bond donors (Lipinski definition) is 1. The second-order valence-corrected chi connectivity index (χ2v) is 4.63. The zero-order chi connectivity index (χ0) is 13.7. The third kappa shape index (κ3) is 3.74. The molecule has 0 aromatic heterocycles. The van der Waals surface area contributed by atoms with E-state index in [1.807, 2.05) is 13.8 Å². The number of benzene rings is 1. The van der Waals surface area contributed by atoms with E-state index >= 15 is 0 Å². The summed E-state index contributed by atoms with van der Waals surface area (Å²) in [6, 6.07) is 4.05. The molecular formula is C13H16ClNO3. The van der Waals surface area contributed by atoms with Crippen LogP contribution in [-0.2, 0) is 9.53 Å². The number of aromatic hydroxyl groups is 1. The lowest BCUT2D eigenvalue weighted by atomic mass is 10.1. The number of methoxy groups -OCH3 is 1. The Bertz CT molecular complexity index is 458. The van der Waals surface area contributed by atoms with Gasteiger partial charge in [-0.25, -0.2) is 4.79 Å². The summed E-state index contributed by atoms with van der Waals surface area (Å²) in [5.74, 6) is -0.326. The van der Waals surface area contributed by atoms with Crippen molar-refractivity contribution in [1.29, 1.82) is 0 Å². The topological polar surface area (TPSA) is 58.9 Å². The lowest BCUT2D eigenvalue weighted by Gasteiger charge is -2.13. The van der Waals surface area contributed by atoms with Gasteiger partial charge in [-0.15, -0.1) is 0 Å². The molecule has 0 radical (unpaired) electrons. The number of ether oxygens (including phenoxy) is 1. The summed E-state index contributed by atoms with van der Waals surface area (Å²) in [6.45, 7) is 3.74. The van der Waals surface area contributed by atoms with E-state index in [0.29, 0.717) is 10.6 Å². The van der Waals surface area contributed by atoms with Gasteiger partial charge in [-0.3, -0.25) is 4.99 Å². The van der Waals surface area contributed by atoms with Crippen molar-refractivity contribution in [3.8, 4) is 5.75 Å². The molecule has 0 aliphatic carbocycles. The molecule has 98 valence electrons. The van der Waals surface area contributed by atoms with Gasteiger partial charge in [-0.05, 0) is 24.1 Å². The molecule has 0 aliphatic heterocycles. The van der Waals surface area contributed by atoms with Crippen LogP contribution in [0, 0.1) is 5.92 Å². The van der Waals surface area contributed by atoms with Gasteiger partial charge >= 0.3 is 5.97 Å². The van der Waals surface area contributed by atoms with Gasteiger partial charge in [-0.1, -0.05) is 25.4 Å². The van der Waals surface area contributed by atoms with Crippen molar-refractivity contribution >= 4 is 23.8 Å². The van der Waals surface area contributed by atoms with Crippen molar-refractivity contribution in [1.82, 2.24) is 0 Å². The fourth-order valence-corrected chi connectivity index (χ4v) is 1.60.